The van der Waals surface area contributed by atoms with E-state index < -0.39 is 6.10 Å². The van der Waals surface area contributed by atoms with Crippen LogP contribution in [0.5, 0.6) is 0 Å². The Kier molecular flexibility index (Phi) is 4.76. The lowest BCUT2D eigenvalue weighted by Crippen LogP contribution is -2.22. The van der Waals surface area contributed by atoms with E-state index in [9.17, 15) is 9.90 Å². The van der Waals surface area contributed by atoms with Gasteiger partial charge >= 0.3 is 5.97 Å². The Hall–Kier alpha value is -1.35. The lowest BCUT2D eigenvalue weighted by molar-refractivity contribution is -0.152. The average molecular weight is 248 g/mol. The maximum absolute atomic E-state index is 11.7. The van der Waals surface area contributed by atoms with Crippen LogP contribution in [0.25, 0.3) is 0 Å². The van der Waals surface area contributed by atoms with E-state index >= 15 is 0 Å². The van der Waals surface area contributed by atoms with Gasteiger partial charge in [-0.3, -0.25) is 4.79 Å². The van der Waals surface area contributed by atoms with Crippen molar-refractivity contribution in [2.75, 3.05) is 0 Å². The van der Waals surface area contributed by atoms with Gasteiger partial charge in [-0.25, -0.2) is 0 Å². The van der Waals surface area contributed by atoms with Crippen molar-refractivity contribution >= 4 is 5.97 Å². The van der Waals surface area contributed by atoms with E-state index in [4.69, 9.17) is 4.74 Å². The number of rotatable bonds is 4. The number of hydrogen-bond acceptors (Lipinski definition) is 3. The summed E-state index contributed by atoms with van der Waals surface area (Å²) in [5.74, 6) is -0.293. The van der Waals surface area contributed by atoms with Crippen molar-refractivity contribution in [1.82, 2.24) is 0 Å². The monoisotopic (exact) mass is 248 g/mol. The van der Waals surface area contributed by atoms with Crippen LogP contribution in [0.4, 0.5) is 0 Å². The molecule has 1 aliphatic rings. The minimum absolute atomic E-state index is 0.0422. The summed E-state index contributed by atoms with van der Waals surface area (Å²) in [5.41, 5.74) is 0.762. The molecule has 3 nitrogen and oxygen atoms in total. The number of carbonyl (C=O) groups excluding carboxylic acids is 1. The third-order valence-corrected chi connectivity index (χ3v) is 3.39. The minimum Gasteiger partial charge on any atom is -0.462 e. The van der Waals surface area contributed by atoms with Gasteiger partial charge in [-0.05, 0) is 31.2 Å². The second-order valence-corrected chi connectivity index (χ2v) is 4.88. The highest BCUT2D eigenvalue weighted by Gasteiger charge is 2.20. The van der Waals surface area contributed by atoms with Gasteiger partial charge in [0, 0.05) is 0 Å². The van der Waals surface area contributed by atoms with Crippen molar-refractivity contribution in [3.05, 3.63) is 35.9 Å². The van der Waals surface area contributed by atoms with E-state index in [2.05, 4.69) is 0 Å². The molecule has 1 saturated carbocycles. The van der Waals surface area contributed by atoms with Crippen LogP contribution in [0, 0.1) is 0 Å². The largest absolute Gasteiger partial charge is 0.462 e. The molecule has 1 aromatic carbocycles. The van der Waals surface area contributed by atoms with Gasteiger partial charge in [0.2, 0.25) is 0 Å². The van der Waals surface area contributed by atoms with Gasteiger partial charge < -0.3 is 9.84 Å². The highest BCUT2D eigenvalue weighted by atomic mass is 16.5. The maximum Gasteiger partial charge on any atom is 0.309 e. The van der Waals surface area contributed by atoms with E-state index in [1.165, 1.54) is 6.42 Å². The molecule has 1 fully saturated rings. The predicted molar refractivity (Wildman–Crippen MR) is 69.0 cm³/mol. The molecule has 1 N–H and O–H groups in total. The first-order valence-electron chi connectivity index (χ1n) is 6.68. The fourth-order valence-electron chi connectivity index (χ4n) is 2.37. The van der Waals surface area contributed by atoms with Gasteiger partial charge in [0.15, 0.2) is 0 Å². The fourth-order valence-corrected chi connectivity index (χ4v) is 2.37. The molecule has 0 aliphatic heterocycles. The Morgan fingerprint density at radius 1 is 1.22 bits per heavy atom. The average Bonchev–Trinajstić information content (AvgIpc) is 2.40. The van der Waals surface area contributed by atoms with Crippen molar-refractivity contribution in [2.24, 2.45) is 0 Å². The molecule has 0 amide bonds. The molecule has 1 unspecified atom stereocenters. The first-order chi connectivity index (χ1) is 8.75. The molecule has 3 heteroatoms. The Labute approximate surface area is 108 Å². The summed E-state index contributed by atoms with van der Waals surface area (Å²) >= 11 is 0. The number of aliphatic hydroxyl groups excluding tert-OH is 1. The number of carbonyl (C=O) groups is 1. The number of benzene rings is 1. The topological polar surface area (TPSA) is 46.5 Å². The number of esters is 1. The Morgan fingerprint density at radius 3 is 2.56 bits per heavy atom. The molecule has 0 radical (unpaired) electrons. The van der Waals surface area contributed by atoms with Crippen molar-refractivity contribution in [3.63, 3.8) is 0 Å². The van der Waals surface area contributed by atoms with Gasteiger partial charge in [-0.1, -0.05) is 36.8 Å². The molecule has 2 rings (SSSR count). The summed E-state index contributed by atoms with van der Waals surface area (Å²) in [6.07, 6.45) is 4.79. The highest BCUT2D eigenvalue weighted by Crippen LogP contribution is 2.22. The zero-order valence-corrected chi connectivity index (χ0v) is 10.5. The molecule has 1 aromatic rings. The lowest BCUT2D eigenvalue weighted by Gasteiger charge is -2.22. The fraction of sp³-hybridized carbons (Fsp3) is 0.533. The van der Waals surface area contributed by atoms with Crippen LogP contribution >= 0.6 is 0 Å². The molecule has 98 valence electrons. The molecule has 0 saturated heterocycles. The number of ether oxygens (including phenoxy) is 1. The first-order valence-corrected chi connectivity index (χ1v) is 6.68. The van der Waals surface area contributed by atoms with E-state index in [0.717, 1.165) is 31.2 Å². The third kappa shape index (κ3) is 3.84. The summed E-state index contributed by atoms with van der Waals surface area (Å²) in [6.45, 7) is 0. The second-order valence-electron chi connectivity index (χ2n) is 4.88. The van der Waals surface area contributed by atoms with Crippen molar-refractivity contribution in [1.29, 1.82) is 0 Å². The summed E-state index contributed by atoms with van der Waals surface area (Å²) < 4.78 is 5.38. The van der Waals surface area contributed by atoms with Crippen molar-refractivity contribution in [2.45, 2.75) is 50.7 Å². The van der Waals surface area contributed by atoms with Crippen molar-refractivity contribution in [3.8, 4) is 0 Å². The number of aliphatic hydroxyl groups is 1. The van der Waals surface area contributed by atoms with Crippen LogP contribution < -0.4 is 0 Å². The van der Waals surface area contributed by atoms with E-state index in [1.807, 2.05) is 30.3 Å². The zero-order valence-electron chi connectivity index (χ0n) is 10.5. The zero-order chi connectivity index (χ0) is 12.8. The second kappa shape index (κ2) is 6.55. The predicted octanol–water partition coefficient (Wildman–Crippen LogP) is 2.99. The molecule has 0 spiro atoms. The van der Waals surface area contributed by atoms with Crippen LogP contribution in [0.3, 0.4) is 0 Å². The lowest BCUT2D eigenvalue weighted by atomic mass is 9.98. The molecule has 0 aromatic heterocycles. The Balaban J connectivity index is 1.80. The molecular weight excluding hydrogens is 228 g/mol. The van der Waals surface area contributed by atoms with Gasteiger partial charge in [0.05, 0.1) is 12.5 Å². The van der Waals surface area contributed by atoms with Gasteiger partial charge in [-0.15, -0.1) is 0 Å². The van der Waals surface area contributed by atoms with E-state index in [0.29, 0.717) is 0 Å². The molecule has 1 atom stereocenters. The standard InChI is InChI=1S/C15H20O3/c16-14(12-7-3-1-4-8-12)11-15(17)18-13-9-5-2-6-10-13/h1,3-4,7-8,13-14,16H,2,5-6,9-11H2. The van der Waals surface area contributed by atoms with Gasteiger partial charge in [-0.2, -0.15) is 0 Å². The Bertz CT molecular complexity index is 369. The van der Waals surface area contributed by atoms with Crippen LogP contribution in [-0.4, -0.2) is 17.2 Å². The minimum atomic E-state index is -0.762. The van der Waals surface area contributed by atoms with Crippen LogP contribution in [0.15, 0.2) is 30.3 Å². The summed E-state index contributed by atoms with van der Waals surface area (Å²) in [7, 11) is 0. The SMILES string of the molecule is O=C(CC(O)c1ccccc1)OC1CCCCC1. The van der Waals surface area contributed by atoms with Crippen LogP contribution in [0.1, 0.15) is 50.2 Å². The van der Waals surface area contributed by atoms with Gasteiger partial charge in [0.25, 0.3) is 0 Å². The molecule has 18 heavy (non-hydrogen) atoms. The van der Waals surface area contributed by atoms with E-state index in [-0.39, 0.29) is 18.5 Å². The third-order valence-electron chi connectivity index (χ3n) is 3.39. The molecule has 0 heterocycles. The van der Waals surface area contributed by atoms with Crippen LogP contribution in [0.2, 0.25) is 0 Å². The Morgan fingerprint density at radius 2 is 1.89 bits per heavy atom. The van der Waals surface area contributed by atoms with Crippen molar-refractivity contribution < 1.29 is 14.6 Å². The summed E-state index contributed by atoms with van der Waals surface area (Å²) in [5, 5.41) is 9.92. The number of hydrogen-bond donors (Lipinski definition) is 1. The smallest absolute Gasteiger partial charge is 0.309 e. The van der Waals surface area contributed by atoms with Gasteiger partial charge in [0.1, 0.15) is 6.10 Å². The molecular formula is C15H20O3. The quantitative estimate of drug-likeness (QED) is 0.833. The summed E-state index contributed by atoms with van der Waals surface area (Å²) in [4.78, 5) is 11.7. The first kappa shape index (κ1) is 13.1. The normalized spacial score (nSPS) is 18.3. The summed E-state index contributed by atoms with van der Waals surface area (Å²) in [6, 6.07) is 9.23. The molecule has 1 aliphatic carbocycles. The van der Waals surface area contributed by atoms with Crippen LogP contribution in [-0.2, 0) is 9.53 Å². The van der Waals surface area contributed by atoms with E-state index in [1.54, 1.807) is 0 Å². The maximum atomic E-state index is 11.7. The molecule has 0 bridgehead atoms. The highest BCUT2D eigenvalue weighted by molar-refractivity contribution is 5.70.